The molecule has 0 saturated carbocycles. The Bertz CT molecular complexity index is 953. The lowest BCUT2D eigenvalue weighted by atomic mass is 10.2. The van der Waals surface area contributed by atoms with Gasteiger partial charge in [0, 0.05) is 18.0 Å². The number of fused-ring (bicyclic) bond motifs is 1. The van der Waals surface area contributed by atoms with Crippen LogP contribution in [0.2, 0.25) is 0 Å². The monoisotopic (exact) mass is 369 g/mol. The van der Waals surface area contributed by atoms with Crippen molar-refractivity contribution >= 4 is 50.0 Å². The van der Waals surface area contributed by atoms with E-state index in [2.05, 4.69) is 33.5 Å². The summed E-state index contributed by atoms with van der Waals surface area (Å²) in [5.41, 5.74) is 3.17. The Morgan fingerprint density at radius 2 is 2.08 bits per heavy atom. The average molecular weight is 369 g/mol. The van der Waals surface area contributed by atoms with E-state index in [0.717, 1.165) is 32.5 Å². The molecule has 4 rings (SSSR count). The van der Waals surface area contributed by atoms with Crippen LogP contribution in [-0.2, 0) is 11.3 Å². The lowest BCUT2D eigenvalue weighted by molar-refractivity contribution is -0.137. The first kappa shape index (κ1) is 16.1. The minimum atomic E-state index is -0.879. The molecular formula is C18H15N3O2S2. The van der Waals surface area contributed by atoms with Gasteiger partial charge in [0.15, 0.2) is 6.04 Å². The minimum Gasteiger partial charge on any atom is -0.480 e. The number of aliphatic carboxylic acids is 1. The normalized spacial score (nSPS) is 16.8. The molecular weight excluding hydrogens is 354 g/mol. The second kappa shape index (κ2) is 6.85. The fourth-order valence-corrected chi connectivity index (χ4v) is 4.65. The van der Waals surface area contributed by atoms with Gasteiger partial charge < -0.3 is 10.4 Å². The zero-order valence-electron chi connectivity index (χ0n) is 13.2. The van der Waals surface area contributed by atoms with Gasteiger partial charge in [-0.25, -0.2) is 9.78 Å². The molecule has 1 atom stereocenters. The molecule has 7 heteroatoms. The van der Waals surface area contributed by atoms with Crippen molar-refractivity contribution in [3.63, 3.8) is 0 Å². The molecule has 0 bridgehead atoms. The van der Waals surface area contributed by atoms with Crippen molar-refractivity contribution in [2.45, 2.75) is 12.6 Å². The number of thiazole rings is 1. The average Bonchev–Trinajstić information content (AvgIpc) is 3.27. The van der Waals surface area contributed by atoms with E-state index in [1.54, 1.807) is 11.3 Å². The Balaban J connectivity index is 1.53. The quantitative estimate of drug-likeness (QED) is 0.714. The SMILES string of the molecule is O=C(O)[C@H]1CSC(c2nc3ccc(NCc4ccccc4)cc3s2)=N1. The lowest BCUT2D eigenvalue weighted by Crippen LogP contribution is -2.17. The van der Waals surface area contributed by atoms with Crippen LogP contribution in [0.3, 0.4) is 0 Å². The Morgan fingerprint density at radius 1 is 1.24 bits per heavy atom. The first-order chi connectivity index (χ1) is 12.2. The third-order valence-corrected chi connectivity index (χ3v) is 6.06. The van der Waals surface area contributed by atoms with Gasteiger partial charge in [0.25, 0.3) is 0 Å². The molecule has 126 valence electrons. The van der Waals surface area contributed by atoms with Gasteiger partial charge in [-0.1, -0.05) is 30.3 Å². The maximum atomic E-state index is 11.0. The third-order valence-electron chi connectivity index (χ3n) is 3.85. The van der Waals surface area contributed by atoms with Crippen molar-refractivity contribution < 1.29 is 9.90 Å². The Morgan fingerprint density at radius 3 is 2.84 bits per heavy atom. The summed E-state index contributed by atoms with van der Waals surface area (Å²) in [6.07, 6.45) is 0. The molecule has 5 nitrogen and oxygen atoms in total. The van der Waals surface area contributed by atoms with Crippen molar-refractivity contribution in [3.8, 4) is 0 Å². The van der Waals surface area contributed by atoms with Crippen LogP contribution in [0.25, 0.3) is 10.2 Å². The number of benzene rings is 2. The number of hydrogen-bond acceptors (Lipinski definition) is 6. The molecule has 0 unspecified atom stereocenters. The van der Waals surface area contributed by atoms with Gasteiger partial charge in [-0.2, -0.15) is 0 Å². The molecule has 2 N–H and O–H groups in total. The van der Waals surface area contributed by atoms with E-state index >= 15 is 0 Å². The lowest BCUT2D eigenvalue weighted by Gasteiger charge is -2.06. The predicted octanol–water partition coefficient (Wildman–Crippen LogP) is 3.86. The number of carbonyl (C=O) groups is 1. The standard InChI is InChI=1S/C18H15N3O2S2/c22-18(23)14-10-24-16(21-14)17-20-13-7-6-12(8-15(13)25-17)19-9-11-4-2-1-3-5-11/h1-8,14,19H,9-10H2,(H,22,23)/t14-/m1/s1. The topological polar surface area (TPSA) is 74.6 Å². The van der Waals surface area contributed by atoms with Crippen LogP contribution in [0, 0.1) is 0 Å². The number of aromatic nitrogens is 1. The predicted molar refractivity (Wildman–Crippen MR) is 104 cm³/mol. The molecule has 0 amide bonds. The van der Waals surface area contributed by atoms with Crippen LogP contribution in [0.15, 0.2) is 53.5 Å². The van der Waals surface area contributed by atoms with Gasteiger partial charge in [0.05, 0.1) is 10.2 Å². The maximum Gasteiger partial charge on any atom is 0.329 e. The highest BCUT2D eigenvalue weighted by atomic mass is 32.2. The largest absolute Gasteiger partial charge is 0.480 e. The molecule has 0 aliphatic carbocycles. The highest BCUT2D eigenvalue weighted by Gasteiger charge is 2.26. The molecule has 0 spiro atoms. The maximum absolute atomic E-state index is 11.0. The number of carboxylic acids is 1. The molecule has 0 fully saturated rings. The summed E-state index contributed by atoms with van der Waals surface area (Å²) in [4.78, 5) is 19.9. The van der Waals surface area contributed by atoms with Crippen LogP contribution in [-0.4, -0.2) is 32.9 Å². The number of nitrogens with zero attached hydrogens (tertiary/aromatic N) is 2. The fraction of sp³-hybridized carbons (Fsp3) is 0.167. The van der Waals surface area contributed by atoms with E-state index in [9.17, 15) is 4.79 Å². The molecule has 2 aromatic carbocycles. The smallest absolute Gasteiger partial charge is 0.329 e. The highest BCUT2D eigenvalue weighted by Crippen LogP contribution is 2.31. The second-order valence-corrected chi connectivity index (χ2v) is 7.68. The van der Waals surface area contributed by atoms with Gasteiger partial charge in [-0.05, 0) is 23.8 Å². The van der Waals surface area contributed by atoms with E-state index in [1.807, 2.05) is 30.3 Å². The van der Waals surface area contributed by atoms with E-state index in [-0.39, 0.29) is 0 Å². The van der Waals surface area contributed by atoms with Gasteiger partial charge in [0.1, 0.15) is 10.1 Å². The Labute approximate surface area is 152 Å². The summed E-state index contributed by atoms with van der Waals surface area (Å²) in [5.74, 6) is -0.402. The zero-order valence-corrected chi connectivity index (χ0v) is 14.8. The third kappa shape index (κ3) is 3.52. The van der Waals surface area contributed by atoms with Crippen LogP contribution >= 0.6 is 23.1 Å². The van der Waals surface area contributed by atoms with Gasteiger partial charge in [0.2, 0.25) is 0 Å². The minimum absolute atomic E-state index is 0.477. The van der Waals surface area contributed by atoms with Crippen molar-refractivity contribution in [2.75, 3.05) is 11.1 Å². The number of carboxylic acid groups (broad SMARTS) is 1. The van der Waals surface area contributed by atoms with E-state index in [0.29, 0.717) is 5.75 Å². The molecule has 1 aliphatic rings. The summed E-state index contributed by atoms with van der Waals surface area (Å²) in [6, 6.07) is 15.7. The summed E-state index contributed by atoms with van der Waals surface area (Å²) in [5, 5.41) is 14.0. The number of anilines is 1. The summed E-state index contributed by atoms with van der Waals surface area (Å²) in [7, 11) is 0. The number of aliphatic imine (C=N–C) groups is 1. The molecule has 25 heavy (non-hydrogen) atoms. The Kier molecular flexibility index (Phi) is 4.42. The number of thioether (sulfide) groups is 1. The zero-order chi connectivity index (χ0) is 17.2. The van der Waals surface area contributed by atoms with E-state index < -0.39 is 12.0 Å². The molecule has 1 aliphatic heterocycles. The van der Waals surface area contributed by atoms with Crippen LogP contribution in [0.5, 0.6) is 0 Å². The van der Waals surface area contributed by atoms with Gasteiger partial charge in [-0.15, -0.1) is 23.1 Å². The second-order valence-electron chi connectivity index (χ2n) is 5.64. The number of hydrogen-bond donors (Lipinski definition) is 2. The summed E-state index contributed by atoms with van der Waals surface area (Å²) >= 11 is 3.01. The van der Waals surface area contributed by atoms with Crippen molar-refractivity contribution in [1.82, 2.24) is 4.98 Å². The Hall–Kier alpha value is -2.38. The molecule has 0 saturated heterocycles. The van der Waals surface area contributed by atoms with Crippen LogP contribution in [0.1, 0.15) is 10.6 Å². The summed E-state index contributed by atoms with van der Waals surface area (Å²) < 4.78 is 1.06. The van der Waals surface area contributed by atoms with E-state index in [4.69, 9.17) is 5.11 Å². The molecule has 2 heterocycles. The summed E-state index contributed by atoms with van der Waals surface area (Å²) in [6.45, 7) is 0.765. The van der Waals surface area contributed by atoms with Gasteiger partial charge >= 0.3 is 5.97 Å². The molecule has 0 radical (unpaired) electrons. The van der Waals surface area contributed by atoms with Crippen LogP contribution < -0.4 is 5.32 Å². The van der Waals surface area contributed by atoms with E-state index in [1.165, 1.54) is 17.3 Å². The highest BCUT2D eigenvalue weighted by molar-refractivity contribution is 8.15. The number of nitrogens with one attached hydrogen (secondary N) is 1. The number of rotatable bonds is 5. The fourth-order valence-electron chi connectivity index (χ4n) is 2.54. The van der Waals surface area contributed by atoms with Crippen molar-refractivity contribution in [1.29, 1.82) is 0 Å². The van der Waals surface area contributed by atoms with Crippen molar-refractivity contribution in [2.24, 2.45) is 4.99 Å². The van der Waals surface area contributed by atoms with Crippen molar-refractivity contribution in [3.05, 3.63) is 59.1 Å². The first-order valence-electron chi connectivity index (χ1n) is 7.81. The molecule has 1 aromatic heterocycles. The van der Waals surface area contributed by atoms with Crippen LogP contribution in [0.4, 0.5) is 5.69 Å². The van der Waals surface area contributed by atoms with Gasteiger partial charge in [-0.3, -0.25) is 4.99 Å². The first-order valence-corrected chi connectivity index (χ1v) is 9.61. The molecule has 3 aromatic rings.